The second kappa shape index (κ2) is 8.09. The summed E-state index contributed by atoms with van der Waals surface area (Å²) in [6.45, 7) is 11.2. The number of nitrogens with zero attached hydrogens (tertiary/aromatic N) is 3. The topological polar surface area (TPSA) is 59.4 Å². The molecule has 1 N–H and O–H groups in total. The molecule has 1 aromatic rings. The average molecular weight is 363 g/mol. The van der Waals surface area contributed by atoms with E-state index in [-0.39, 0.29) is 11.5 Å². The molecule has 6 heteroatoms. The smallest absolute Gasteiger partial charge is 0.272 e. The lowest BCUT2D eigenvalue weighted by Crippen LogP contribution is -2.49. The third-order valence-electron chi connectivity index (χ3n) is 5.83. The molecule has 0 unspecified atom stereocenters. The largest absolute Gasteiger partial charge is 0.370 e. The predicted molar refractivity (Wildman–Crippen MR) is 102 cm³/mol. The van der Waals surface area contributed by atoms with E-state index in [0.717, 1.165) is 50.3 Å². The van der Waals surface area contributed by atoms with Crippen LogP contribution in [0.25, 0.3) is 0 Å². The Morgan fingerprint density at radius 1 is 1.35 bits per heavy atom. The van der Waals surface area contributed by atoms with Crippen molar-refractivity contribution in [2.75, 3.05) is 26.2 Å². The number of hydrogen-bond donors (Lipinski definition) is 1. The van der Waals surface area contributed by atoms with Gasteiger partial charge in [-0.25, -0.2) is 0 Å². The van der Waals surface area contributed by atoms with E-state index < -0.39 is 0 Å². The van der Waals surface area contributed by atoms with Crippen molar-refractivity contribution in [3.63, 3.8) is 0 Å². The average Bonchev–Trinajstić information content (AvgIpc) is 2.95. The van der Waals surface area contributed by atoms with Gasteiger partial charge in [-0.2, -0.15) is 5.10 Å². The number of fused-ring (bicyclic) bond motifs is 1. The number of rotatable bonds is 6. The summed E-state index contributed by atoms with van der Waals surface area (Å²) < 4.78 is 8.25. The third-order valence-corrected chi connectivity index (χ3v) is 5.83. The number of carbonyl (C=O) groups excluding carboxylic acids is 1. The molecule has 1 fully saturated rings. The first-order chi connectivity index (χ1) is 12.4. The summed E-state index contributed by atoms with van der Waals surface area (Å²) in [5.74, 6) is 0.679. The Balaban J connectivity index is 1.65. The van der Waals surface area contributed by atoms with Crippen LogP contribution < -0.4 is 5.32 Å². The highest BCUT2D eigenvalue weighted by Crippen LogP contribution is 2.37. The van der Waals surface area contributed by atoms with Crippen molar-refractivity contribution in [3.8, 4) is 0 Å². The molecule has 6 nitrogen and oxygen atoms in total. The lowest BCUT2D eigenvalue weighted by molar-refractivity contribution is -0.103. The van der Waals surface area contributed by atoms with Crippen LogP contribution in [0.5, 0.6) is 0 Å². The predicted octanol–water partition coefficient (Wildman–Crippen LogP) is 2.51. The molecule has 0 bridgehead atoms. The number of likely N-dealkylation sites (tertiary alicyclic amines) is 1. The van der Waals surface area contributed by atoms with Crippen molar-refractivity contribution in [1.82, 2.24) is 20.0 Å². The Hall–Kier alpha value is -1.40. The Bertz CT molecular complexity index is 630. The molecular formula is C20H34N4O2. The molecule has 146 valence electrons. The van der Waals surface area contributed by atoms with E-state index in [1.54, 1.807) is 0 Å². The molecule has 0 aromatic carbocycles. The minimum absolute atomic E-state index is 0.0771. The number of amides is 1. The van der Waals surface area contributed by atoms with Crippen LogP contribution in [0.2, 0.25) is 0 Å². The van der Waals surface area contributed by atoms with Gasteiger partial charge in [0.2, 0.25) is 0 Å². The van der Waals surface area contributed by atoms with Gasteiger partial charge in [-0.3, -0.25) is 9.48 Å². The van der Waals surface area contributed by atoms with E-state index >= 15 is 0 Å². The maximum atomic E-state index is 12.4. The van der Waals surface area contributed by atoms with Gasteiger partial charge in [-0.05, 0) is 38.1 Å². The number of nitrogens with one attached hydrogen (secondary N) is 1. The first-order valence-corrected chi connectivity index (χ1v) is 10.1. The minimum atomic E-state index is -0.0771. The minimum Gasteiger partial charge on any atom is -0.370 e. The van der Waals surface area contributed by atoms with Gasteiger partial charge < -0.3 is 15.0 Å². The van der Waals surface area contributed by atoms with Gasteiger partial charge in [0.05, 0.1) is 12.2 Å². The molecule has 1 saturated heterocycles. The van der Waals surface area contributed by atoms with Gasteiger partial charge in [0.1, 0.15) is 0 Å². The molecule has 0 aliphatic carbocycles. The van der Waals surface area contributed by atoms with Gasteiger partial charge >= 0.3 is 0 Å². The maximum Gasteiger partial charge on any atom is 0.272 e. The fourth-order valence-electron chi connectivity index (χ4n) is 4.01. The number of ether oxygens (including phenoxy) is 1. The number of aryl methyl sites for hydroxylation is 1. The molecule has 2 aliphatic heterocycles. The van der Waals surface area contributed by atoms with E-state index in [0.29, 0.717) is 18.8 Å². The summed E-state index contributed by atoms with van der Waals surface area (Å²) in [6.07, 6.45) is 5.18. The van der Waals surface area contributed by atoms with Crippen LogP contribution in [0.15, 0.2) is 0 Å². The summed E-state index contributed by atoms with van der Waals surface area (Å²) in [4.78, 5) is 14.9. The van der Waals surface area contributed by atoms with Crippen LogP contribution in [0.1, 0.15) is 68.2 Å². The van der Waals surface area contributed by atoms with Gasteiger partial charge in [0.15, 0.2) is 5.69 Å². The first-order valence-electron chi connectivity index (χ1n) is 10.1. The van der Waals surface area contributed by atoms with Crippen molar-refractivity contribution >= 4 is 5.91 Å². The molecule has 3 rings (SSSR count). The SMILES string of the molecule is CCCNC(=O)c1nn(C)c2c1COC1(CCN(CCC(C)C)CC1)C2. The lowest BCUT2D eigenvalue weighted by Gasteiger charge is -2.44. The van der Waals surface area contributed by atoms with E-state index in [4.69, 9.17) is 4.74 Å². The van der Waals surface area contributed by atoms with Crippen LogP contribution in [-0.2, 0) is 24.8 Å². The number of piperidine rings is 1. The van der Waals surface area contributed by atoms with Crippen LogP contribution in [-0.4, -0.2) is 52.4 Å². The van der Waals surface area contributed by atoms with Crippen molar-refractivity contribution in [1.29, 1.82) is 0 Å². The molecule has 2 aliphatic rings. The molecule has 1 spiro atoms. The molecule has 1 amide bonds. The van der Waals surface area contributed by atoms with Crippen molar-refractivity contribution in [3.05, 3.63) is 17.0 Å². The van der Waals surface area contributed by atoms with Gasteiger partial charge in [0, 0.05) is 44.4 Å². The van der Waals surface area contributed by atoms with E-state index in [9.17, 15) is 4.79 Å². The molecule has 0 atom stereocenters. The van der Waals surface area contributed by atoms with Gasteiger partial charge in [-0.15, -0.1) is 0 Å². The monoisotopic (exact) mass is 362 g/mol. The molecule has 1 aromatic heterocycles. The number of hydrogen-bond acceptors (Lipinski definition) is 4. The highest BCUT2D eigenvalue weighted by molar-refractivity contribution is 5.94. The molecule has 26 heavy (non-hydrogen) atoms. The Labute approximate surface area is 157 Å². The lowest BCUT2D eigenvalue weighted by atomic mass is 9.83. The zero-order valence-electron chi connectivity index (χ0n) is 16.8. The fourth-order valence-corrected chi connectivity index (χ4v) is 4.01. The van der Waals surface area contributed by atoms with Gasteiger partial charge in [-0.1, -0.05) is 20.8 Å². The number of aromatic nitrogens is 2. The summed E-state index contributed by atoms with van der Waals surface area (Å²) in [6, 6.07) is 0. The summed E-state index contributed by atoms with van der Waals surface area (Å²) in [5.41, 5.74) is 2.62. The molecule has 3 heterocycles. The van der Waals surface area contributed by atoms with Crippen LogP contribution in [0.3, 0.4) is 0 Å². The van der Waals surface area contributed by atoms with Crippen molar-refractivity contribution < 1.29 is 9.53 Å². The zero-order chi connectivity index (χ0) is 18.7. The van der Waals surface area contributed by atoms with Crippen molar-refractivity contribution in [2.24, 2.45) is 13.0 Å². The molecule has 0 saturated carbocycles. The van der Waals surface area contributed by atoms with Crippen molar-refractivity contribution in [2.45, 2.75) is 65.1 Å². The second-order valence-corrected chi connectivity index (χ2v) is 8.33. The molecule has 0 radical (unpaired) electrons. The Morgan fingerprint density at radius 3 is 2.73 bits per heavy atom. The Kier molecular flexibility index (Phi) is 6.03. The number of carbonyl (C=O) groups is 1. The summed E-state index contributed by atoms with van der Waals surface area (Å²) >= 11 is 0. The van der Waals surface area contributed by atoms with Gasteiger partial charge in [0.25, 0.3) is 5.91 Å². The van der Waals surface area contributed by atoms with E-state index in [2.05, 4.69) is 36.1 Å². The highest BCUT2D eigenvalue weighted by Gasteiger charge is 2.41. The zero-order valence-corrected chi connectivity index (χ0v) is 16.8. The van der Waals surface area contributed by atoms with E-state index in [1.165, 1.54) is 18.7 Å². The highest BCUT2D eigenvalue weighted by atomic mass is 16.5. The quantitative estimate of drug-likeness (QED) is 0.845. The van der Waals surface area contributed by atoms with E-state index in [1.807, 2.05) is 11.7 Å². The standard InChI is InChI=1S/C20H34N4O2/c1-5-9-21-19(25)18-16-14-26-20(13-17(16)23(4)22-18)7-11-24(12-8-20)10-6-15(2)3/h15H,5-14H2,1-4H3,(H,21,25). The normalized spacial score (nSPS) is 19.7. The fraction of sp³-hybridized carbons (Fsp3) is 0.800. The summed E-state index contributed by atoms with van der Waals surface area (Å²) in [5, 5.41) is 7.44. The first kappa shape index (κ1) is 19.4. The second-order valence-electron chi connectivity index (χ2n) is 8.33. The van der Waals surface area contributed by atoms with Crippen LogP contribution in [0, 0.1) is 5.92 Å². The Morgan fingerprint density at radius 2 is 2.08 bits per heavy atom. The summed E-state index contributed by atoms with van der Waals surface area (Å²) in [7, 11) is 1.95. The van der Waals surface area contributed by atoms with Crippen LogP contribution in [0.4, 0.5) is 0 Å². The molecular weight excluding hydrogens is 328 g/mol. The van der Waals surface area contributed by atoms with Crippen LogP contribution >= 0.6 is 0 Å². The third kappa shape index (κ3) is 4.12. The maximum absolute atomic E-state index is 12.4.